The molecule has 1 amide bonds. The minimum atomic E-state index is -4.47. The number of guanidine groups is 1. The number of anilines is 1. The van der Waals surface area contributed by atoms with Gasteiger partial charge in [0.1, 0.15) is 11.4 Å². The van der Waals surface area contributed by atoms with Crippen molar-refractivity contribution in [2.24, 2.45) is 4.99 Å². The Bertz CT molecular complexity index is 1120. The van der Waals surface area contributed by atoms with Crippen LogP contribution in [0.15, 0.2) is 65.3 Å². The van der Waals surface area contributed by atoms with Crippen LogP contribution >= 0.6 is 0 Å². The lowest BCUT2D eigenvalue weighted by Gasteiger charge is -2.30. The molecule has 34 heavy (non-hydrogen) atoms. The zero-order valence-corrected chi connectivity index (χ0v) is 19.1. The van der Waals surface area contributed by atoms with E-state index in [2.05, 4.69) is 10.3 Å². The highest BCUT2D eigenvalue weighted by Gasteiger charge is 2.32. The summed E-state index contributed by atoms with van der Waals surface area (Å²) in [5.74, 6) is 0.263. The monoisotopic (exact) mass is 475 g/mol. The Morgan fingerprint density at radius 2 is 1.62 bits per heavy atom. The van der Waals surface area contributed by atoms with E-state index in [1.54, 1.807) is 45.0 Å². The van der Waals surface area contributed by atoms with Crippen molar-refractivity contribution in [3.63, 3.8) is 0 Å². The molecule has 2 aromatic rings. The van der Waals surface area contributed by atoms with E-state index in [1.807, 2.05) is 0 Å². The molecule has 0 unspecified atom stereocenters. The van der Waals surface area contributed by atoms with Crippen LogP contribution in [0.2, 0.25) is 0 Å². The van der Waals surface area contributed by atoms with Crippen molar-refractivity contribution in [2.75, 3.05) is 19.0 Å². The fraction of sp³-hybridized carbons (Fsp3) is 0.292. The number of benzene rings is 2. The SMILES string of the molecule is COc1ccc(C(=O)C2=CN=C(Nc3ccc(C(F)(F)F)cc3)N(C(=O)OC(C)(C)C)C2)cc1. The standard InChI is InChI=1S/C24H24F3N3O4/c1-23(2,3)34-22(32)30-14-16(20(31)15-5-11-19(33-4)12-6-15)13-28-21(30)29-18-9-7-17(8-10-18)24(25,26)27/h5-13H,14H2,1-4H3,(H,28,29). The first-order chi connectivity index (χ1) is 15.9. The quantitative estimate of drug-likeness (QED) is 0.591. The molecule has 180 valence electrons. The number of nitrogens with zero attached hydrogens (tertiary/aromatic N) is 2. The summed E-state index contributed by atoms with van der Waals surface area (Å²) in [7, 11) is 1.51. The van der Waals surface area contributed by atoms with E-state index >= 15 is 0 Å². The highest BCUT2D eigenvalue weighted by Crippen LogP contribution is 2.30. The number of ether oxygens (including phenoxy) is 2. The first-order valence-electron chi connectivity index (χ1n) is 10.3. The third kappa shape index (κ3) is 6.15. The number of ketones is 1. The number of alkyl halides is 3. The van der Waals surface area contributed by atoms with Crippen LogP contribution in [0.25, 0.3) is 0 Å². The van der Waals surface area contributed by atoms with Gasteiger partial charge in [-0.25, -0.2) is 14.7 Å². The predicted molar refractivity (Wildman–Crippen MR) is 121 cm³/mol. The number of rotatable bonds is 4. The van der Waals surface area contributed by atoms with Gasteiger partial charge in [0, 0.05) is 23.0 Å². The molecular formula is C24H24F3N3O4. The number of amides is 1. The van der Waals surface area contributed by atoms with Crippen LogP contribution in [-0.4, -0.2) is 42.0 Å². The Balaban J connectivity index is 1.88. The molecule has 0 radical (unpaired) electrons. The van der Waals surface area contributed by atoms with Gasteiger partial charge in [-0.1, -0.05) is 0 Å². The largest absolute Gasteiger partial charge is 0.497 e. The fourth-order valence-corrected chi connectivity index (χ4v) is 2.99. The molecule has 0 bridgehead atoms. The fourth-order valence-electron chi connectivity index (χ4n) is 2.99. The molecule has 0 aliphatic carbocycles. The van der Waals surface area contributed by atoms with E-state index < -0.39 is 23.4 Å². The number of halogens is 3. The minimum Gasteiger partial charge on any atom is -0.497 e. The average molecular weight is 475 g/mol. The normalized spacial score (nSPS) is 14.1. The number of aliphatic imine (C=N–C) groups is 1. The number of methoxy groups -OCH3 is 1. The summed E-state index contributed by atoms with van der Waals surface area (Å²) in [6.07, 6.45) is -3.92. The van der Waals surface area contributed by atoms with Crippen molar-refractivity contribution in [1.29, 1.82) is 0 Å². The third-order valence-corrected chi connectivity index (χ3v) is 4.65. The summed E-state index contributed by atoms with van der Waals surface area (Å²) in [6.45, 7) is 4.92. The molecule has 0 aromatic heterocycles. The maximum absolute atomic E-state index is 13.0. The molecule has 1 aliphatic heterocycles. The van der Waals surface area contributed by atoms with E-state index in [0.717, 1.165) is 17.0 Å². The molecule has 0 fully saturated rings. The Kier molecular flexibility index (Phi) is 6.99. The van der Waals surface area contributed by atoms with E-state index in [-0.39, 0.29) is 29.5 Å². The zero-order valence-electron chi connectivity index (χ0n) is 19.1. The lowest BCUT2D eigenvalue weighted by Crippen LogP contribution is -2.46. The van der Waals surface area contributed by atoms with Crippen molar-refractivity contribution < 1.29 is 32.2 Å². The van der Waals surface area contributed by atoms with Crippen LogP contribution in [-0.2, 0) is 10.9 Å². The molecule has 7 nitrogen and oxygen atoms in total. The molecule has 1 N–H and O–H groups in total. The van der Waals surface area contributed by atoms with E-state index in [1.165, 1.54) is 25.4 Å². The van der Waals surface area contributed by atoms with Gasteiger partial charge in [-0.05, 0) is 69.3 Å². The molecule has 0 atom stereocenters. The Morgan fingerprint density at radius 1 is 1.00 bits per heavy atom. The second kappa shape index (κ2) is 9.58. The number of Topliss-reactive ketones (excluding diaryl/α,β-unsaturated/α-hetero) is 1. The van der Waals surface area contributed by atoms with Gasteiger partial charge in [-0.2, -0.15) is 13.2 Å². The Labute approximate surface area is 194 Å². The lowest BCUT2D eigenvalue weighted by atomic mass is 10.0. The van der Waals surface area contributed by atoms with Crippen molar-refractivity contribution in [3.8, 4) is 5.75 Å². The third-order valence-electron chi connectivity index (χ3n) is 4.65. The maximum Gasteiger partial charge on any atom is 0.417 e. The van der Waals surface area contributed by atoms with Gasteiger partial charge >= 0.3 is 12.3 Å². The molecule has 10 heteroatoms. The molecule has 0 spiro atoms. The second-order valence-corrected chi connectivity index (χ2v) is 8.43. The van der Waals surface area contributed by atoms with Gasteiger partial charge in [0.05, 0.1) is 19.2 Å². The van der Waals surface area contributed by atoms with Crippen LogP contribution in [0.3, 0.4) is 0 Å². The molecule has 0 saturated carbocycles. The van der Waals surface area contributed by atoms with E-state index in [9.17, 15) is 22.8 Å². The zero-order chi connectivity index (χ0) is 25.1. The summed E-state index contributed by atoms with van der Waals surface area (Å²) >= 11 is 0. The van der Waals surface area contributed by atoms with Crippen LogP contribution in [0, 0.1) is 0 Å². The maximum atomic E-state index is 13.0. The van der Waals surface area contributed by atoms with Crippen molar-refractivity contribution in [1.82, 2.24) is 4.90 Å². The summed E-state index contributed by atoms with van der Waals surface area (Å²) in [5.41, 5.74) is -0.740. The van der Waals surface area contributed by atoms with E-state index in [0.29, 0.717) is 11.3 Å². The van der Waals surface area contributed by atoms with Gasteiger partial charge in [0.15, 0.2) is 5.78 Å². The van der Waals surface area contributed by atoms with Gasteiger partial charge in [0.25, 0.3) is 0 Å². The highest BCUT2D eigenvalue weighted by molar-refractivity contribution is 6.12. The van der Waals surface area contributed by atoms with Crippen LogP contribution in [0.1, 0.15) is 36.7 Å². The molecule has 2 aromatic carbocycles. The van der Waals surface area contributed by atoms with Crippen LogP contribution in [0.4, 0.5) is 23.7 Å². The summed E-state index contributed by atoms with van der Waals surface area (Å²) in [4.78, 5) is 31.1. The highest BCUT2D eigenvalue weighted by atomic mass is 19.4. The number of hydrogen-bond acceptors (Lipinski definition) is 6. The van der Waals surface area contributed by atoms with Crippen molar-refractivity contribution >= 4 is 23.5 Å². The minimum absolute atomic E-state index is 0.0142. The first kappa shape index (κ1) is 24.8. The molecule has 1 heterocycles. The van der Waals surface area contributed by atoms with Gasteiger partial charge in [-0.3, -0.25) is 4.79 Å². The number of hydrogen-bond donors (Lipinski definition) is 1. The number of carbonyl (C=O) groups excluding carboxylic acids is 2. The van der Waals surface area contributed by atoms with E-state index in [4.69, 9.17) is 9.47 Å². The lowest BCUT2D eigenvalue weighted by molar-refractivity contribution is -0.137. The van der Waals surface area contributed by atoms with Gasteiger partial charge in [0.2, 0.25) is 5.96 Å². The first-order valence-corrected chi connectivity index (χ1v) is 10.3. The molecule has 1 aliphatic rings. The van der Waals surface area contributed by atoms with Crippen molar-refractivity contribution in [2.45, 2.75) is 32.5 Å². The average Bonchev–Trinajstić information content (AvgIpc) is 2.77. The van der Waals surface area contributed by atoms with Crippen molar-refractivity contribution in [3.05, 3.63) is 71.4 Å². The summed E-state index contributed by atoms with van der Waals surface area (Å²) in [5, 5.41) is 2.83. The molecule has 0 saturated heterocycles. The topological polar surface area (TPSA) is 80.2 Å². The number of nitrogens with one attached hydrogen (secondary N) is 1. The Morgan fingerprint density at radius 3 is 2.15 bits per heavy atom. The van der Waals surface area contributed by atoms with Crippen LogP contribution in [0.5, 0.6) is 5.75 Å². The summed E-state index contributed by atoms with van der Waals surface area (Å²) in [6, 6.07) is 10.8. The van der Waals surface area contributed by atoms with Gasteiger partial charge in [-0.15, -0.1) is 0 Å². The van der Waals surface area contributed by atoms with Crippen LogP contribution < -0.4 is 10.1 Å². The Hall–Kier alpha value is -3.82. The summed E-state index contributed by atoms with van der Waals surface area (Å²) < 4.78 is 49.1. The van der Waals surface area contributed by atoms with Gasteiger partial charge < -0.3 is 14.8 Å². The predicted octanol–water partition coefficient (Wildman–Crippen LogP) is 5.50. The second-order valence-electron chi connectivity index (χ2n) is 8.43. The molecule has 3 rings (SSSR count). The number of carbonyl (C=O) groups is 2. The molecular weight excluding hydrogens is 451 g/mol. The smallest absolute Gasteiger partial charge is 0.417 e.